The van der Waals surface area contributed by atoms with E-state index in [9.17, 15) is 14.4 Å². The molecule has 0 unspecified atom stereocenters. The van der Waals surface area contributed by atoms with E-state index in [1.165, 1.54) is 4.90 Å². The molecule has 0 spiro atoms. The summed E-state index contributed by atoms with van der Waals surface area (Å²) >= 11 is 0. The van der Waals surface area contributed by atoms with Gasteiger partial charge >= 0.3 is 6.03 Å². The summed E-state index contributed by atoms with van der Waals surface area (Å²) in [4.78, 5) is 40.0. The fourth-order valence-electron chi connectivity index (χ4n) is 2.95. The highest BCUT2D eigenvalue weighted by Crippen LogP contribution is 2.16. The van der Waals surface area contributed by atoms with Gasteiger partial charge in [-0.1, -0.05) is 36.4 Å². The Labute approximate surface area is 183 Å². The molecule has 31 heavy (non-hydrogen) atoms. The third kappa shape index (κ3) is 8.00. The molecule has 8 nitrogen and oxygen atoms in total. The van der Waals surface area contributed by atoms with Gasteiger partial charge in [-0.25, -0.2) is 4.79 Å². The third-order valence-corrected chi connectivity index (χ3v) is 4.65. The first kappa shape index (κ1) is 23.7. The second-order valence-electron chi connectivity index (χ2n) is 7.01. The van der Waals surface area contributed by atoms with Gasteiger partial charge in [0.25, 0.3) is 0 Å². The van der Waals surface area contributed by atoms with E-state index in [0.717, 1.165) is 5.56 Å². The molecular formula is C23H30N4O4. The summed E-state index contributed by atoms with van der Waals surface area (Å²) < 4.78 is 5.14. The maximum atomic E-state index is 12.5. The number of anilines is 1. The molecule has 2 N–H and O–H groups in total. The van der Waals surface area contributed by atoms with Crippen molar-refractivity contribution < 1.29 is 19.1 Å². The zero-order chi connectivity index (χ0) is 22.6. The number of amides is 4. The SMILES string of the molecule is CCN(CC(=O)Nc1cccc(OC)c1)C(=O)CCNC(=O)N(C)Cc1ccccc1. The van der Waals surface area contributed by atoms with Crippen molar-refractivity contribution in [2.75, 3.05) is 39.1 Å². The fraction of sp³-hybridized carbons (Fsp3) is 0.348. The summed E-state index contributed by atoms with van der Waals surface area (Å²) in [5, 5.41) is 5.50. The van der Waals surface area contributed by atoms with E-state index in [-0.39, 0.29) is 37.4 Å². The predicted molar refractivity (Wildman–Crippen MR) is 120 cm³/mol. The van der Waals surface area contributed by atoms with Crippen LogP contribution < -0.4 is 15.4 Å². The van der Waals surface area contributed by atoms with Crippen molar-refractivity contribution in [2.45, 2.75) is 19.9 Å². The molecule has 4 amide bonds. The van der Waals surface area contributed by atoms with E-state index < -0.39 is 0 Å². The molecule has 0 atom stereocenters. The number of likely N-dealkylation sites (N-methyl/N-ethyl adjacent to an activating group) is 1. The molecule has 2 aromatic carbocycles. The Bertz CT molecular complexity index is 873. The number of rotatable bonds is 10. The van der Waals surface area contributed by atoms with Gasteiger partial charge in [0.1, 0.15) is 5.75 Å². The van der Waals surface area contributed by atoms with Crippen LogP contribution in [0.1, 0.15) is 18.9 Å². The van der Waals surface area contributed by atoms with Gasteiger partial charge in [0.05, 0.1) is 13.7 Å². The van der Waals surface area contributed by atoms with E-state index in [0.29, 0.717) is 24.5 Å². The zero-order valence-electron chi connectivity index (χ0n) is 18.3. The number of carbonyl (C=O) groups is 3. The largest absolute Gasteiger partial charge is 0.497 e. The van der Waals surface area contributed by atoms with E-state index in [1.807, 2.05) is 37.3 Å². The van der Waals surface area contributed by atoms with Gasteiger partial charge < -0.3 is 25.2 Å². The molecule has 0 heterocycles. The summed E-state index contributed by atoms with van der Waals surface area (Å²) in [6.45, 7) is 2.82. The molecule has 0 saturated heterocycles. The molecular weight excluding hydrogens is 396 g/mol. The van der Waals surface area contributed by atoms with Crippen molar-refractivity contribution in [2.24, 2.45) is 0 Å². The minimum Gasteiger partial charge on any atom is -0.497 e. The van der Waals surface area contributed by atoms with E-state index in [2.05, 4.69) is 10.6 Å². The summed E-state index contributed by atoms with van der Waals surface area (Å²) in [7, 11) is 3.25. The predicted octanol–water partition coefficient (Wildman–Crippen LogP) is 2.71. The van der Waals surface area contributed by atoms with Gasteiger partial charge in [-0.05, 0) is 24.6 Å². The molecule has 0 saturated carbocycles. The minimum absolute atomic E-state index is 0.0611. The number of carbonyl (C=O) groups excluding carboxylic acids is 3. The zero-order valence-corrected chi connectivity index (χ0v) is 18.3. The third-order valence-electron chi connectivity index (χ3n) is 4.65. The number of hydrogen-bond acceptors (Lipinski definition) is 4. The lowest BCUT2D eigenvalue weighted by Gasteiger charge is -2.21. The van der Waals surface area contributed by atoms with Crippen LogP contribution in [0.2, 0.25) is 0 Å². The standard InChI is InChI=1S/C23H30N4O4/c1-4-27(17-21(28)25-19-11-8-12-20(15-19)31-3)22(29)13-14-24-23(30)26(2)16-18-9-6-5-7-10-18/h5-12,15H,4,13-14,16-17H2,1-3H3,(H,24,30)(H,25,28). The van der Waals surface area contributed by atoms with Gasteiger partial charge in [0.2, 0.25) is 11.8 Å². The maximum Gasteiger partial charge on any atom is 0.317 e. The fourth-order valence-corrected chi connectivity index (χ4v) is 2.95. The van der Waals surface area contributed by atoms with Gasteiger partial charge in [-0.3, -0.25) is 9.59 Å². The van der Waals surface area contributed by atoms with Crippen molar-refractivity contribution in [3.05, 3.63) is 60.2 Å². The molecule has 0 aliphatic carbocycles. The normalized spacial score (nSPS) is 10.2. The Morgan fingerprint density at radius 1 is 1.03 bits per heavy atom. The number of urea groups is 1. The van der Waals surface area contributed by atoms with Crippen LogP contribution in [0.5, 0.6) is 5.75 Å². The monoisotopic (exact) mass is 426 g/mol. The van der Waals surface area contributed by atoms with Gasteiger partial charge in [-0.2, -0.15) is 0 Å². The van der Waals surface area contributed by atoms with Crippen LogP contribution in [-0.4, -0.2) is 61.4 Å². The average Bonchev–Trinajstić information content (AvgIpc) is 2.78. The molecule has 0 aliphatic heterocycles. The van der Waals surface area contributed by atoms with Crippen molar-refractivity contribution >= 4 is 23.5 Å². The van der Waals surface area contributed by atoms with Crippen LogP contribution in [0.25, 0.3) is 0 Å². The first-order chi connectivity index (χ1) is 14.9. The van der Waals surface area contributed by atoms with E-state index in [4.69, 9.17) is 4.74 Å². The van der Waals surface area contributed by atoms with Crippen molar-refractivity contribution in [1.82, 2.24) is 15.1 Å². The lowest BCUT2D eigenvalue weighted by Crippen LogP contribution is -2.41. The van der Waals surface area contributed by atoms with Gasteiger partial charge in [0.15, 0.2) is 0 Å². The Kier molecular flexibility index (Phi) is 9.35. The Morgan fingerprint density at radius 3 is 2.45 bits per heavy atom. The molecule has 0 bridgehead atoms. The average molecular weight is 427 g/mol. The second-order valence-corrected chi connectivity index (χ2v) is 7.01. The molecule has 0 fully saturated rings. The molecule has 166 valence electrons. The van der Waals surface area contributed by atoms with Crippen LogP contribution in [0.3, 0.4) is 0 Å². The molecule has 0 radical (unpaired) electrons. The van der Waals surface area contributed by atoms with E-state index in [1.54, 1.807) is 43.3 Å². The number of methoxy groups -OCH3 is 1. The lowest BCUT2D eigenvalue weighted by atomic mass is 10.2. The van der Waals surface area contributed by atoms with Crippen molar-refractivity contribution in [3.8, 4) is 5.75 Å². The van der Waals surface area contributed by atoms with Gasteiger partial charge in [-0.15, -0.1) is 0 Å². The van der Waals surface area contributed by atoms with Crippen LogP contribution >= 0.6 is 0 Å². The number of ether oxygens (including phenoxy) is 1. The highest BCUT2D eigenvalue weighted by Gasteiger charge is 2.16. The number of nitrogens with one attached hydrogen (secondary N) is 2. The highest BCUT2D eigenvalue weighted by atomic mass is 16.5. The van der Waals surface area contributed by atoms with Crippen molar-refractivity contribution in [3.63, 3.8) is 0 Å². The summed E-state index contributed by atoms with van der Waals surface area (Å²) in [6, 6.07) is 16.4. The smallest absolute Gasteiger partial charge is 0.317 e. The molecule has 0 aliphatic rings. The minimum atomic E-state index is -0.296. The van der Waals surface area contributed by atoms with E-state index >= 15 is 0 Å². The first-order valence-electron chi connectivity index (χ1n) is 10.2. The Balaban J connectivity index is 1.76. The van der Waals surface area contributed by atoms with Crippen molar-refractivity contribution in [1.29, 1.82) is 0 Å². The van der Waals surface area contributed by atoms with Crippen LogP contribution in [-0.2, 0) is 16.1 Å². The molecule has 2 rings (SSSR count). The second kappa shape index (κ2) is 12.2. The van der Waals surface area contributed by atoms with Crippen LogP contribution in [0, 0.1) is 0 Å². The highest BCUT2D eigenvalue weighted by molar-refractivity contribution is 5.94. The Morgan fingerprint density at radius 2 is 1.77 bits per heavy atom. The topological polar surface area (TPSA) is 91.0 Å². The number of nitrogens with zero attached hydrogens (tertiary/aromatic N) is 2. The van der Waals surface area contributed by atoms with Crippen LogP contribution in [0.4, 0.5) is 10.5 Å². The molecule has 8 heteroatoms. The number of benzene rings is 2. The quantitative estimate of drug-likeness (QED) is 0.611. The lowest BCUT2D eigenvalue weighted by molar-refractivity contribution is -0.134. The maximum absolute atomic E-state index is 12.5. The Hall–Kier alpha value is -3.55. The molecule has 0 aromatic heterocycles. The number of hydrogen-bond donors (Lipinski definition) is 2. The van der Waals surface area contributed by atoms with Gasteiger partial charge in [0, 0.05) is 44.9 Å². The first-order valence-corrected chi connectivity index (χ1v) is 10.2. The summed E-state index contributed by atoms with van der Waals surface area (Å²) in [5.41, 5.74) is 1.62. The summed E-state index contributed by atoms with van der Waals surface area (Å²) in [6.07, 6.45) is 0.116. The van der Waals surface area contributed by atoms with Crippen LogP contribution in [0.15, 0.2) is 54.6 Å². The summed E-state index contributed by atoms with van der Waals surface area (Å²) in [5.74, 6) is 0.138. The molecule has 2 aromatic rings.